The number of benzene rings is 2. The molecule has 1 aliphatic carbocycles. The standard InChI is InChI=1S/C18H19NO2/c1-3-13-7-8-16(11-14(13)4-1)19-12-15-5-2-6-17-18(15)21-10-9-20-17/h2,5-8,11,19H,1,3-4,9-10,12H2. The maximum atomic E-state index is 5.75. The minimum atomic E-state index is 0.628. The van der Waals surface area contributed by atoms with Crippen molar-refractivity contribution in [3.63, 3.8) is 0 Å². The van der Waals surface area contributed by atoms with Gasteiger partial charge in [0.1, 0.15) is 13.2 Å². The fourth-order valence-corrected chi connectivity index (χ4v) is 3.15. The summed E-state index contributed by atoms with van der Waals surface area (Å²) in [6, 6.07) is 12.8. The molecule has 0 amide bonds. The third-order valence-corrected chi connectivity index (χ3v) is 4.23. The molecule has 0 bridgehead atoms. The summed E-state index contributed by atoms with van der Waals surface area (Å²) in [4.78, 5) is 0. The smallest absolute Gasteiger partial charge is 0.166 e. The minimum absolute atomic E-state index is 0.628. The lowest BCUT2D eigenvalue weighted by molar-refractivity contribution is 0.170. The highest BCUT2D eigenvalue weighted by molar-refractivity contribution is 5.53. The molecule has 108 valence electrons. The highest BCUT2D eigenvalue weighted by Crippen LogP contribution is 2.34. The van der Waals surface area contributed by atoms with Crippen LogP contribution in [-0.2, 0) is 19.4 Å². The highest BCUT2D eigenvalue weighted by atomic mass is 16.6. The Balaban J connectivity index is 1.52. The maximum absolute atomic E-state index is 5.75. The SMILES string of the molecule is c1cc(CNc2ccc3c(c2)CCC3)c2c(c1)OCCO2. The summed E-state index contributed by atoms with van der Waals surface area (Å²) in [5.41, 5.74) is 5.33. The van der Waals surface area contributed by atoms with Gasteiger partial charge in [-0.25, -0.2) is 0 Å². The monoisotopic (exact) mass is 281 g/mol. The summed E-state index contributed by atoms with van der Waals surface area (Å²) in [6.45, 7) is 2.02. The van der Waals surface area contributed by atoms with Gasteiger partial charge in [-0.15, -0.1) is 0 Å². The molecule has 0 atom stereocenters. The Bertz CT molecular complexity index is 666. The molecule has 0 fully saturated rings. The summed E-state index contributed by atoms with van der Waals surface area (Å²) in [6.07, 6.45) is 3.73. The number of hydrogen-bond acceptors (Lipinski definition) is 3. The van der Waals surface area contributed by atoms with Gasteiger partial charge in [-0.3, -0.25) is 0 Å². The van der Waals surface area contributed by atoms with E-state index < -0.39 is 0 Å². The molecule has 0 saturated heterocycles. The summed E-state index contributed by atoms with van der Waals surface area (Å²) >= 11 is 0. The first-order chi connectivity index (χ1) is 10.4. The van der Waals surface area contributed by atoms with Gasteiger partial charge in [0, 0.05) is 17.8 Å². The lowest BCUT2D eigenvalue weighted by Crippen LogP contribution is -2.17. The molecule has 3 nitrogen and oxygen atoms in total. The van der Waals surface area contributed by atoms with Gasteiger partial charge in [0.05, 0.1) is 0 Å². The second kappa shape index (κ2) is 5.32. The molecule has 2 aromatic rings. The van der Waals surface area contributed by atoms with E-state index in [0.717, 1.165) is 23.6 Å². The van der Waals surface area contributed by atoms with Crippen molar-refractivity contribution < 1.29 is 9.47 Å². The molecule has 0 aromatic heterocycles. The summed E-state index contributed by atoms with van der Waals surface area (Å²) < 4.78 is 11.4. The topological polar surface area (TPSA) is 30.5 Å². The van der Waals surface area contributed by atoms with E-state index in [1.54, 1.807) is 0 Å². The number of aryl methyl sites for hydroxylation is 2. The van der Waals surface area contributed by atoms with Gasteiger partial charge < -0.3 is 14.8 Å². The van der Waals surface area contributed by atoms with Crippen molar-refractivity contribution >= 4 is 5.69 Å². The number of rotatable bonds is 3. The molecule has 1 heterocycles. The Morgan fingerprint density at radius 3 is 2.86 bits per heavy atom. The molecule has 0 saturated carbocycles. The minimum Gasteiger partial charge on any atom is -0.486 e. The summed E-state index contributed by atoms with van der Waals surface area (Å²) in [5, 5.41) is 3.51. The van der Waals surface area contributed by atoms with Crippen LogP contribution in [0.1, 0.15) is 23.1 Å². The number of ether oxygens (including phenoxy) is 2. The molecule has 1 N–H and O–H groups in total. The fraction of sp³-hybridized carbons (Fsp3) is 0.333. The number of fused-ring (bicyclic) bond motifs is 2. The molecule has 4 rings (SSSR count). The molecule has 21 heavy (non-hydrogen) atoms. The largest absolute Gasteiger partial charge is 0.486 e. The zero-order valence-electron chi connectivity index (χ0n) is 12.0. The predicted octanol–water partition coefficient (Wildman–Crippen LogP) is 3.56. The van der Waals surface area contributed by atoms with Gasteiger partial charge in [-0.2, -0.15) is 0 Å². The van der Waals surface area contributed by atoms with Crippen LogP contribution in [0.2, 0.25) is 0 Å². The van der Waals surface area contributed by atoms with E-state index in [-0.39, 0.29) is 0 Å². The maximum Gasteiger partial charge on any atom is 0.166 e. The zero-order chi connectivity index (χ0) is 14.1. The van der Waals surface area contributed by atoms with Crippen LogP contribution in [0.4, 0.5) is 5.69 Å². The van der Waals surface area contributed by atoms with E-state index in [0.29, 0.717) is 13.2 Å². The van der Waals surface area contributed by atoms with Crippen molar-refractivity contribution in [2.45, 2.75) is 25.8 Å². The third-order valence-electron chi connectivity index (χ3n) is 4.23. The van der Waals surface area contributed by atoms with Crippen molar-refractivity contribution in [3.05, 3.63) is 53.1 Å². The van der Waals surface area contributed by atoms with Crippen molar-refractivity contribution in [1.82, 2.24) is 0 Å². The van der Waals surface area contributed by atoms with Crippen molar-refractivity contribution in [2.24, 2.45) is 0 Å². The van der Waals surface area contributed by atoms with Crippen LogP contribution < -0.4 is 14.8 Å². The lowest BCUT2D eigenvalue weighted by Gasteiger charge is -2.21. The Kier molecular flexibility index (Phi) is 3.18. The van der Waals surface area contributed by atoms with E-state index in [4.69, 9.17) is 9.47 Å². The Morgan fingerprint density at radius 2 is 1.86 bits per heavy atom. The van der Waals surface area contributed by atoms with Crippen LogP contribution in [-0.4, -0.2) is 13.2 Å². The Morgan fingerprint density at radius 1 is 0.952 bits per heavy atom. The number of hydrogen-bond donors (Lipinski definition) is 1. The molecular formula is C18H19NO2. The normalized spacial score (nSPS) is 15.6. The van der Waals surface area contributed by atoms with Crippen LogP contribution in [0.5, 0.6) is 11.5 Å². The second-order valence-corrected chi connectivity index (χ2v) is 5.63. The first-order valence-corrected chi connectivity index (χ1v) is 7.63. The Hall–Kier alpha value is -2.16. The van der Waals surface area contributed by atoms with Crippen LogP contribution in [0.15, 0.2) is 36.4 Å². The van der Waals surface area contributed by atoms with Crippen LogP contribution in [0.25, 0.3) is 0 Å². The summed E-state index contributed by atoms with van der Waals surface area (Å²) in [7, 11) is 0. The molecule has 1 aliphatic heterocycles. The van der Waals surface area contributed by atoms with Gasteiger partial charge in [0.2, 0.25) is 0 Å². The van der Waals surface area contributed by atoms with E-state index in [1.807, 2.05) is 12.1 Å². The van der Waals surface area contributed by atoms with E-state index in [2.05, 4.69) is 29.6 Å². The molecule has 3 heteroatoms. The molecule has 2 aliphatic rings. The average Bonchev–Trinajstić information content (AvgIpc) is 3.00. The lowest BCUT2D eigenvalue weighted by atomic mass is 10.1. The quantitative estimate of drug-likeness (QED) is 0.933. The van der Waals surface area contributed by atoms with Crippen molar-refractivity contribution in [3.8, 4) is 11.5 Å². The van der Waals surface area contributed by atoms with Crippen molar-refractivity contribution in [2.75, 3.05) is 18.5 Å². The van der Waals surface area contributed by atoms with E-state index in [1.165, 1.54) is 36.1 Å². The van der Waals surface area contributed by atoms with Gasteiger partial charge in [0.15, 0.2) is 11.5 Å². The third kappa shape index (κ3) is 2.44. The first kappa shape index (κ1) is 12.6. The Labute approximate surface area is 124 Å². The second-order valence-electron chi connectivity index (χ2n) is 5.63. The molecule has 2 aromatic carbocycles. The van der Waals surface area contributed by atoms with Gasteiger partial charge in [-0.1, -0.05) is 18.2 Å². The molecule has 0 spiro atoms. The van der Waals surface area contributed by atoms with Crippen LogP contribution in [0.3, 0.4) is 0 Å². The average molecular weight is 281 g/mol. The van der Waals surface area contributed by atoms with Gasteiger partial charge in [0.25, 0.3) is 0 Å². The van der Waals surface area contributed by atoms with Crippen LogP contribution in [0, 0.1) is 0 Å². The fourth-order valence-electron chi connectivity index (χ4n) is 3.15. The predicted molar refractivity (Wildman–Crippen MR) is 83.2 cm³/mol. The number of nitrogens with one attached hydrogen (secondary N) is 1. The number of anilines is 1. The van der Waals surface area contributed by atoms with Crippen molar-refractivity contribution in [1.29, 1.82) is 0 Å². The van der Waals surface area contributed by atoms with E-state index in [9.17, 15) is 0 Å². The van der Waals surface area contributed by atoms with E-state index >= 15 is 0 Å². The molecule has 0 unspecified atom stereocenters. The summed E-state index contributed by atoms with van der Waals surface area (Å²) in [5.74, 6) is 1.74. The number of para-hydroxylation sites is 1. The van der Waals surface area contributed by atoms with Crippen LogP contribution >= 0.6 is 0 Å². The molecular weight excluding hydrogens is 262 g/mol. The highest BCUT2D eigenvalue weighted by Gasteiger charge is 2.15. The first-order valence-electron chi connectivity index (χ1n) is 7.63. The van der Waals surface area contributed by atoms with Gasteiger partial charge >= 0.3 is 0 Å². The zero-order valence-corrected chi connectivity index (χ0v) is 12.0. The van der Waals surface area contributed by atoms with Gasteiger partial charge in [-0.05, 0) is 48.6 Å². The molecule has 0 radical (unpaired) electrons.